The molecule has 8 heteroatoms. The molecular formula is C18H23FIN5O. The van der Waals surface area contributed by atoms with Gasteiger partial charge in [0.05, 0.1) is 12.1 Å². The lowest BCUT2D eigenvalue weighted by Crippen LogP contribution is -2.41. The molecule has 1 heterocycles. The van der Waals surface area contributed by atoms with E-state index in [0.29, 0.717) is 31.2 Å². The van der Waals surface area contributed by atoms with E-state index in [1.54, 1.807) is 30.5 Å². The van der Waals surface area contributed by atoms with Gasteiger partial charge in [-0.15, -0.1) is 24.0 Å². The number of aromatic nitrogens is 1. The number of halogens is 2. The molecular weight excluding hydrogens is 448 g/mol. The van der Waals surface area contributed by atoms with E-state index in [0.717, 1.165) is 12.1 Å². The van der Waals surface area contributed by atoms with Crippen LogP contribution < -0.4 is 16.0 Å². The second-order valence-corrected chi connectivity index (χ2v) is 5.25. The molecule has 0 radical (unpaired) electrons. The summed E-state index contributed by atoms with van der Waals surface area (Å²) in [6, 6.07) is 9.67. The number of guanidine groups is 1. The van der Waals surface area contributed by atoms with Gasteiger partial charge in [-0.3, -0.25) is 9.78 Å². The molecule has 0 aliphatic heterocycles. The minimum Gasteiger partial charge on any atom is -0.357 e. The van der Waals surface area contributed by atoms with Crippen LogP contribution in [0.4, 0.5) is 4.39 Å². The van der Waals surface area contributed by atoms with Crippen molar-refractivity contribution in [1.29, 1.82) is 0 Å². The Morgan fingerprint density at radius 1 is 1.12 bits per heavy atom. The predicted molar refractivity (Wildman–Crippen MR) is 111 cm³/mol. The fraction of sp³-hybridized carbons (Fsp3) is 0.278. The molecule has 1 aromatic heterocycles. The Kier molecular flexibility index (Phi) is 10.2. The Morgan fingerprint density at radius 2 is 1.85 bits per heavy atom. The summed E-state index contributed by atoms with van der Waals surface area (Å²) in [4.78, 5) is 20.3. The first kappa shape index (κ1) is 21.8. The highest BCUT2D eigenvalue weighted by atomic mass is 127. The molecule has 2 rings (SSSR count). The first-order chi connectivity index (χ1) is 12.2. The van der Waals surface area contributed by atoms with Crippen molar-refractivity contribution < 1.29 is 9.18 Å². The Labute approximate surface area is 169 Å². The second-order valence-electron chi connectivity index (χ2n) is 5.25. The zero-order valence-corrected chi connectivity index (χ0v) is 16.9. The van der Waals surface area contributed by atoms with Gasteiger partial charge in [-0.2, -0.15) is 0 Å². The van der Waals surface area contributed by atoms with E-state index in [4.69, 9.17) is 0 Å². The number of aliphatic imine (C=N–C) groups is 1. The lowest BCUT2D eigenvalue weighted by Gasteiger charge is -2.12. The summed E-state index contributed by atoms with van der Waals surface area (Å²) < 4.78 is 12.9. The molecule has 1 aromatic carbocycles. The van der Waals surface area contributed by atoms with Crippen molar-refractivity contribution in [2.45, 2.75) is 13.5 Å². The Bertz CT molecular complexity index is 694. The van der Waals surface area contributed by atoms with Crippen molar-refractivity contribution in [2.75, 3.05) is 19.6 Å². The topological polar surface area (TPSA) is 78.4 Å². The number of rotatable bonds is 7. The molecule has 1 amide bonds. The van der Waals surface area contributed by atoms with Crippen molar-refractivity contribution in [1.82, 2.24) is 20.9 Å². The van der Waals surface area contributed by atoms with Gasteiger partial charge in [0.2, 0.25) is 0 Å². The van der Waals surface area contributed by atoms with Gasteiger partial charge < -0.3 is 16.0 Å². The average molecular weight is 471 g/mol. The molecule has 0 aliphatic carbocycles. The van der Waals surface area contributed by atoms with Crippen molar-refractivity contribution in [3.63, 3.8) is 0 Å². The van der Waals surface area contributed by atoms with Crippen LogP contribution >= 0.6 is 24.0 Å². The molecule has 0 fully saturated rings. The number of carbonyl (C=O) groups is 1. The Hall–Kier alpha value is -2.23. The van der Waals surface area contributed by atoms with Gasteiger partial charge >= 0.3 is 0 Å². The number of nitrogens with zero attached hydrogens (tertiary/aromatic N) is 2. The third kappa shape index (κ3) is 7.77. The first-order valence-electron chi connectivity index (χ1n) is 8.14. The molecule has 26 heavy (non-hydrogen) atoms. The van der Waals surface area contributed by atoms with E-state index in [9.17, 15) is 9.18 Å². The van der Waals surface area contributed by atoms with Crippen molar-refractivity contribution >= 4 is 35.8 Å². The third-order valence-electron chi connectivity index (χ3n) is 3.30. The van der Waals surface area contributed by atoms with Crippen LogP contribution in [-0.4, -0.2) is 36.5 Å². The summed E-state index contributed by atoms with van der Waals surface area (Å²) >= 11 is 0. The highest BCUT2D eigenvalue weighted by Crippen LogP contribution is 2.03. The van der Waals surface area contributed by atoms with Gasteiger partial charge in [0.1, 0.15) is 5.82 Å². The fourth-order valence-corrected chi connectivity index (χ4v) is 2.06. The maximum atomic E-state index is 12.9. The van der Waals surface area contributed by atoms with E-state index >= 15 is 0 Å². The summed E-state index contributed by atoms with van der Waals surface area (Å²) in [5, 5.41) is 9.08. The molecule has 0 bridgehead atoms. The number of hydrogen-bond donors (Lipinski definition) is 3. The number of carbonyl (C=O) groups excluding carboxylic acids is 1. The molecule has 140 valence electrons. The molecule has 3 N–H and O–H groups in total. The van der Waals surface area contributed by atoms with Crippen LogP contribution in [0.5, 0.6) is 0 Å². The SMILES string of the molecule is CCNC(=NCc1ccc(F)cc1)NCCNC(=O)c1cccnc1.I. The minimum atomic E-state index is -0.262. The van der Waals surface area contributed by atoms with Crippen LogP contribution in [0.2, 0.25) is 0 Å². The van der Waals surface area contributed by atoms with Crippen LogP contribution in [0.15, 0.2) is 53.8 Å². The number of amides is 1. The average Bonchev–Trinajstić information content (AvgIpc) is 2.65. The summed E-state index contributed by atoms with van der Waals surface area (Å²) in [6.45, 7) is 4.12. The molecule has 0 aliphatic rings. The summed E-state index contributed by atoms with van der Waals surface area (Å²) in [6.07, 6.45) is 3.15. The van der Waals surface area contributed by atoms with E-state index in [2.05, 4.69) is 25.9 Å². The molecule has 6 nitrogen and oxygen atoms in total. The Balaban J connectivity index is 0.00000338. The third-order valence-corrected chi connectivity index (χ3v) is 3.30. The van der Waals surface area contributed by atoms with E-state index < -0.39 is 0 Å². The number of hydrogen-bond acceptors (Lipinski definition) is 3. The number of benzene rings is 1. The molecule has 0 saturated carbocycles. The van der Waals surface area contributed by atoms with E-state index in [1.165, 1.54) is 18.3 Å². The highest BCUT2D eigenvalue weighted by Gasteiger charge is 2.04. The van der Waals surface area contributed by atoms with Gasteiger partial charge in [-0.1, -0.05) is 12.1 Å². The zero-order valence-electron chi connectivity index (χ0n) is 14.5. The number of pyridine rings is 1. The van der Waals surface area contributed by atoms with Crippen LogP contribution in [0.3, 0.4) is 0 Å². The minimum absolute atomic E-state index is 0. The van der Waals surface area contributed by atoms with Crippen LogP contribution in [0.1, 0.15) is 22.8 Å². The van der Waals surface area contributed by atoms with Crippen LogP contribution in [0, 0.1) is 5.82 Å². The second kappa shape index (κ2) is 12.2. The Morgan fingerprint density at radius 3 is 2.50 bits per heavy atom. The maximum Gasteiger partial charge on any atom is 0.252 e. The fourth-order valence-electron chi connectivity index (χ4n) is 2.06. The summed E-state index contributed by atoms with van der Waals surface area (Å²) in [7, 11) is 0. The molecule has 2 aromatic rings. The normalized spacial score (nSPS) is 10.6. The quantitative estimate of drug-likeness (QED) is 0.251. The van der Waals surface area contributed by atoms with Gasteiger partial charge in [0, 0.05) is 32.0 Å². The number of nitrogens with one attached hydrogen (secondary N) is 3. The molecule has 0 spiro atoms. The van der Waals surface area contributed by atoms with Gasteiger partial charge in [0.15, 0.2) is 5.96 Å². The maximum absolute atomic E-state index is 12.9. The summed E-state index contributed by atoms with van der Waals surface area (Å²) in [5.41, 5.74) is 1.45. The van der Waals surface area contributed by atoms with Gasteiger partial charge in [0.25, 0.3) is 5.91 Å². The smallest absolute Gasteiger partial charge is 0.252 e. The van der Waals surface area contributed by atoms with Crippen LogP contribution in [-0.2, 0) is 6.54 Å². The summed E-state index contributed by atoms with van der Waals surface area (Å²) in [5.74, 6) is 0.215. The standard InChI is InChI=1S/C18H22FN5O.HI/c1-2-21-18(24-12-14-5-7-16(19)8-6-14)23-11-10-22-17(25)15-4-3-9-20-13-15;/h3-9,13H,2,10-12H2,1H3,(H,22,25)(H2,21,23,24);1H. The van der Waals surface area contributed by atoms with Crippen LogP contribution in [0.25, 0.3) is 0 Å². The molecule has 0 saturated heterocycles. The van der Waals surface area contributed by atoms with Crippen molar-refractivity contribution in [3.8, 4) is 0 Å². The lowest BCUT2D eigenvalue weighted by atomic mass is 10.2. The predicted octanol–water partition coefficient (Wildman–Crippen LogP) is 2.32. The van der Waals surface area contributed by atoms with E-state index in [-0.39, 0.29) is 35.7 Å². The largest absolute Gasteiger partial charge is 0.357 e. The lowest BCUT2D eigenvalue weighted by molar-refractivity contribution is 0.0954. The zero-order chi connectivity index (χ0) is 17.9. The van der Waals surface area contributed by atoms with Gasteiger partial charge in [-0.05, 0) is 36.8 Å². The van der Waals surface area contributed by atoms with E-state index in [1.807, 2.05) is 6.92 Å². The highest BCUT2D eigenvalue weighted by molar-refractivity contribution is 14.0. The first-order valence-corrected chi connectivity index (χ1v) is 8.14. The van der Waals surface area contributed by atoms with Crippen molar-refractivity contribution in [3.05, 3.63) is 65.7 Å². The van der Waals surface area contributed by atoms with Gasteiger partial charge in [-0.25, -0.2) is 9.38 Å². The molecule has 0 atom stereocenters. The molecule has 0 unspecified atom stereocenters. The van der Waals surface area contributed by atoms with Crippen molar-refractivity contribution in [2.24, 2.45) is 4.99 Å². The monoisotopic (exact) mass is 471 g/mol.